The standard InChI is InChI=1S/C16H23NO4/c1-20-13-9-11(8-12(15(18)19)14(13)21-2)16(10-17)6-4-3-5-7-16/h8-9H,3-7,10,17H2,1-2H3,(H,18,19). The average Bonchev–Trinajstić information content (AvgIpc) is 2.53. The molecule has 0 spiro atoms. The number of aromatic carboxylic acids is 1. The summed E-state index contributed by atoms with van der Waals surface area (Å²) >= 11 is 0. The number of carboxylic acid groups (broad SMARTS) is 1. The monoisotopic (exact) mass is 293 g/mol. The predicted molar refractivity (Wildman–Crippen MR) is 80.3 cm³/mol. The van der Waals surface area contributed by atoms with Crippen LogP contribution in [-0.2, 0) is 5.41 Å². The Kier molecular flexibility index (Phi) is 4.73. The van der Waals surface area contributed by atoms with E-state index in [4.69, 9.17) is 15.2 Å². The van der Waals surface area contributed by atoms with Crippen LogP contribution in [0.25, 0.3) is 0 Å². The Morgan fingerprint density at radius 3 is 2.38 bits per heavy atom. The van der Waals surface area contributed by atoms with Crippen LogP contribution in [0.5, 0.6) is 11.5 Å². The lowest BCUT2D eigenvalue weighted by Crippen LogP contribution is -2.37. The quantitative estimate of drug-likeness (QED) is 0.872. The second-order valence-corrected chi connectivity index (χ2v) is 5.61. The molecule has 1 aromatic rings. The van der Waals surface area contributed by atoms with Gasteiger partial charge in [0.1, 0.15) is 5.56 Å². The highest BCUT2D eigenvalue weighted by Gasteiger charge is 2.34. The molecule has 0 aliphatic heterocycles. The SMILES string of the molecule is COc1cc(C2(CN)CCCCC2)cc(C(=O)O)c1OC. The van der Waals surface area contributed by atoms with Crippen LogP contribution in [0.15, 0.2) is 12.1 Å². The number of carboxylic acids is 1. The molecule has 0 amide bonds. The molecule has 0 aromatic heterocycles. The van der Waals surface area contributed by atoms with Gasteiger partial charge in [-0.2, -0.15) is 0 Å². The molecule has 0 radical (unpaired) electrons. The van der Waals surface area contributed by atoms with E-state index in [9.17, 15) is 9.90 Å². The van der Waals surface area contributed by atoms with Gasteiger partial charge in [0.15, 0.2) is 11.5 Å². The van der Waals surface area contributed by atoms with E-state index >= 15 is 0 Å². The predicted octanol–water partition coefficient (Wildman–Crippen LogP) is 2.56. The van der Waals surface area contributed by atoms with Gasteiger partial charge in [0.25, 0.3) is 0 Å². The van der Waals surface area contributed by atoms with Crippen molar-refractivity contribution >= 4 is 5.97 Å². The van der Waals surface area contributed by atoms with Gasteiger partial charge in [-0.05, 0) is 30.5 Å². The van der Waals surface area contributed by atoms with Crippen molar-refractivity contribution in [3.8, 4) is 11.5 Å². The Balaban J connectivity index is 2.58. The maximum absolute atomic E-state index is 11.5. The molecule has 1 fully saturated rings. The largest absolute Gasteiger partial charge is 0.493 e. The molecule has 1 aliphatic carbocycles. The Morgan fingerprint density at radius 1 is 1.24 bits per heavy atom. The smallest absolute Gasteiger partial charge is 0.339 e. The van der Waals surface area contributed by atoms with Crippen LogP contribution in [0, 0.1) is 0 Å². The number of rotatable bonds is 5. The van der Waals surface area contributed by atoms with E-state index in [1.165, 1.54) is 20.6 Å². The van der Waals surface area contributed by atoms with Gasteiger partial charge < -0.3 is 20.3 Å². The van der Waals surface area contributed by atoms with E-state index in [0.717, 1.165) is 31.2 Å². The molecule has 2 rings (SSSR count). The summed E-state index contributed by atoms with van der Waals surface area (Å²) in [5, 5.41) is 9.43. The van der Waals surface area contributed by atoms with E-state index in [-0.39, 0.29) is 16.7 Å². The van der Waals surface area contributed by atoms with Crippen molar-refractivity contribution in [2.45, 2.75) is 37.5 Å². The summed E-state index contributed by atoms with van der Waals surface area (Å²) in [5.41, 5.74) is 6.96. The highest BCUT2D eigenvalue weighted by atomic mass is 16.5. The van der Waals surface area contributed by atoms with Crippen molar-refractivity contribution in [2.75, 3.05) is 20.8 Å². The van der Waals surface area contributed by atoms with Gasteiger partial charge >= 0.3 is 5.97 Å². The summed E-state index contributed by atoms with van der Waals surface area (Å²) in [6.07, 6.45) is 5.42. The average molecular weight is 293 g/mol. The maximum atomic E-state index is 11.5. The third-order valence-electron chi connectivity index (χ3n) is 4.52. The van der Waals surface area contributed by atoms with Crippen LogP contribution in [0.3, 0.4) is 0 Å². The molecular weight excluding hydrogens is 270 g/mol. The number of methoxy groups -OCH3 is 2. The van der Waals surface area contributed by atoms with E-state index in [1.807, 2.05) is 6.07 Å². The Bertz CT molecular complexity index is 521. The summed E-state index contributed by atoms with van der Waals surface area (Å²) in [7, 11) is 2.96. The fourth-order valence-electron chi connectivity index (χ4n) is 3.27. The highest BCUT2D eigenvalue weighted by Crippen LogP contribution is 2.43. The maximum Gasteiger partial charge on any atom is 0.339 e. The van der Waals surface area contributed by atoms with Crippen LogP contribution in [0.2, 0.25) is 0 Å². The summed E-state index contributed by atoms with van der Waals surface area (Å²) in [4.78, 5) is 11.5. The molecule has 5 heteroatoms. The molecule has 0 unspecified atom stereocenters. The van der Waals surface area contributed by atoms with Crippen LogP contribution in [-0.4, -0.2) is 31.8 Å². The highest BCUT2D eigenvalue weighted by molar-refractivity contribution is 5.92. The molecule has 5 nitrogen and oxygen atoms in total. The minimum atomic E-state index is -1.02. The van der Waals surface area contributed by atoms with Crippen molar-refractivity contribution in [3.63, 3.8) is 0 Å². The normalized spacial score (nSPS) is 17.3. The molecule has 116 valence electrons. The molecule has 0 saturated heterocycles. The molecule has 0 bridgehead atoms. The van der Waals surface area contributed by atoms with Gasteiger partial charge in [0.2, 0.25) is 0 Å². The molecular formula is C16H23NO4. The van der Waals surface area contributed by atoms with Gasteiger partial charge in [-0.3, -0.25) is 0 Å². The minimum Gasteiger partial charge on any atom is -0.493 e. The van der Waals surface area contributed by atoms with Crippen LogP contribution in [0.4, 0.5) is 0 Å². The van der Waals surface area contributed by atoms with Crippen molar-refractivity contribution in [2.24, 2.45) is 5.73 Å². The Hall–Kier alpha value is -1.75. The topological polar surface area (TPSA) is 81.8 Å². The van der Waals surface area contributed by atoms with Crippen molar-refractivity contribution in [3.05, 3.63) is 23.3 Å². The van der Waals surface area contributed by atoms with E-state index in [1.54, 1.807) is 6.07 Å². The van der Waals surface area contributed by atoms with E-state index in [0.29, 0.717) is 12.3 Å². The van der Waals surface area contributed by atoms with Crippen molar-refractivity contribution in [1.82, 2.24) is 0 Å². The Labute approximate surface area is 125 Å². The van der Waals surface area contributed by atoms with Gasteiger partial charge in [0.05, 0.1) is 14.2 Å². The third-order valence-corrected chi connectivity index (χ3v) is 4.52. The zero-order valence-corrected chi connectivity index (χ0v) is 12.6. The fourth-order valence-corrected chi connectivity index (χ4v) is 3.27. The molecule has 0 atom stereocenters. The molecule has 0 heterocycles. The number of benzene rings is 1. The lowest BCUT2D eigenvalue weighted by Gasteiger charge is -2.37. The molecule has 3 N–H and O–H groups in total. The number of carbonyl (C=O) groups is 1. The van der Waals surface area contributed by atoms with Crippen molar-refractivity contribution < 1.29 is 19.4 Å². The first-order valence-corrected chi connectivity index (χ1v) is 7.28. The second-order valence-electron chi connectivity index (χ2n) is 5.61. The zero-order valence-electron chi connectivity index (χ0n) is 12.6. The summed E-state index contributed by atoms with van der Waals surface area (Å²) in [6, 6.07) is 3.57. The number of hydrogen-bond donors (Lipinski definition) is 2. The van der Waals surface area contributed by atoms with Crippen LogP contribution in [0.1, 0.15) is 48.0 Å². The van der Waals surface area contributed by atoms with Crippen molar-refractivity contribution in [1.29, 1.82) is 0 Å². The van der Waals surface area contributed by atoms with Gasteiger partial charge in [-0.1, -0.05) is 19.3 Å². The van der Waals surface area contributed by atoms with E-state index < -0.39 is 5.97 Å². The van der Waals surface area contributed by atoms with Gasteiger partial charge in [-0.15, -0.1) is 0 Å². The summed E-state index contributed by atoms with van der Waals surface area (Å²) < 4.78 is 10.5. The second kappa shape index (κ2) is 6.35. The Morgan fingerprint density at radius 2 is 1.90 bits per heavy atom. The number of hydrogen-bond acceptors (Lipinski definition) is 4. The first-order chi connectivity index (χ1) is 10.1. The summed E-state index contributed by atoms with van der Waals surface area (Å²) in [5.74, 6) is -0.308. The lowest BCUT2D eigenvalue weighted by molar-refractivity contribution is 0.0692. The van der Waals surface area contributed by atoms with Gasteiger partial charge in [0, 0.05) is 12.0 Å². The number of ether oxygens (including phenoxy) is 2. The first kappa shape index (κ1) is 15.6. The third kappa shape index (κ3) is 2.83. The van der Waals surface area contributed by atoms with E-state index in [2.05, 4.69) is 0 Å². The zero-order chi connectivity index (χ0) is 15.5. The fraction of sp³-hybridized carbons (Fsp3) is 0.562. The lowest BCUT2D eigenvalue weighted by atomic mass is 9.69. The van der Waals surface area contributed by atoms with Gasteiger partial charge in [-0.25, -0.2) is 4.79 Å². The van der Waals surface area contributed by atoms with Crippen LogP contribution < -0.4 is 15.2 Å². The summed E-state index contributed by atoms with van der Waals surface area (Å²) in [6.45, 7) is 0.515. The number of nitrogens with two attached hydrogens (primary N) is 1. The van der Waals surface area contributed by atoms with Crippen LogP contribution >= 0.6 is 0 Å². The molecule has 1 aliphatic rings. The minimum absolute atomic E-state index is 0.130. The molecule has 1 saturated carbocycles. The molecule has 21 heavy (non-hydrogen) atoms. The molecule has 1 aromatic carbocycles. The first-order valence-electron chi connectivity index (χ1n) is 7.28.